The van der Waals surface area contributed by atoms with Gasteiger partial charge in [0.2, 0.25) is 10.0 Å². The number of nitrogens with one attached hydrogen (secondary N) is 1. The molecule has 0 bridgehead atoms. The number of aliphatic hydroxyl groups excluding tert-OH is 1. The lowest BCUT2D eigenvalue weighted by molar-refractivity contribution is 0.0223. The van der Waals surface area contributed by atoms with Crippen LogP contribution in [0.4, 0.5) is 0 Å². The molecule has 0 aliphatic carbocycles. The average Bonchev–Trinajstić information content (AvgIpc) is 2.18. The summed E-state index contributed by atoms with van der Waals surface area (Å²) in [7, 11) is -3.39. The van der Waals surface area contributed by atoms with Crippen molar-refractivity contribution in [3.8, 4) is 0 Å². The van der Waals surface area contributed by atoms with Crippen LogP contribution in [0.15, 0.2) is 12.7 Å². The SMILES string of the molecule is C=CCS(=O)(=O)NC1(CO)CCOCC1. The number of rotatable bonds is 5. The highest BCUT2D eigenvalue weighted by molar-refractivity contribution is 7.89. The molecular formula is C9H17NO4S. The predicted molar refractivity (Wildman–Crippen MR) is 57.0 cm³/mol. The molecule has 1 fully saturated rings. The third-order valence-electron chi connectivity index (χ3n) is 2.46. The molecule has 0 unspecified atom stereocenters. The fourth-order valence-corrected chi connectivity index (χ4v) is 2.90. The topological polar surface area (TPSA) is 75.6 Å². The van der Waals surface area contributed by atoms with Gasteiger partial charge in [0.15, 0.2) is 0 Å². The van der Waals surface area contributed by atoms with Crippen LogP contribution in [0.25, 0.3) is 0 Å². The number of hydrogen-bond acceptors (Lipinski definition) is 4. The van der Waals surface area contributed by atoms with Crippen LogP contribution in [-0.4, -0.2) is 44.6 Å². The summed E-state index contributed by atoms with van der Waals surface area (Å²) >= 11 is 0. The molecular weight excluding hydrogens is 218 g/mol. The zero-order valence-electron chi connectivity index (χ0n) is 8.61. The van der Waals surface area contributed by atoms with Gasteiger partial charge in [-0.25, -0.2) is 13.1 Å². The van der Waals surface area contributed by atoms with Crippen molar-refractivity contribution >= 4 is 10.0 Å². The smallest absolute Gasteiger partial charge is 0.215 e. The fraction of sp³-hybridized carbons (Fsp3) is 0.778. The Kier molecular flexibility index (Phi) is 4.27. The maximum Gasteiger partial charge on any atom is 0.215 e. The normalized spacial score (nSPS) is 21.1. The van der Waals surface area contributed by atoms with Gasteiger partial charge < -0.3 is 9.84 Å². The Bertz CT molecular complexity index is 306. The first-order valence-electron chi connectivity index (χ1n) is 4.85. The van der Waals surface area contributed by atoms with Gasteiger partial charge in [0.25, 0.3) is 0 Å². The number of sulfonamides is 1. The molecule has 6 heteroatoms. The highest BCUT2D eigenvalue weighted by Gasteiger charge is 2.35. The van der Waals surface area contributed by atoms with E-state index >= 15 is 0 Å². The maximum atomic E-state index is 11.5. The van der Waals surface area contributed by atoms with Gasteiger partial charge in [-0.15, -0.1) is 6.58 Å². The monoisotopic (exact) mass is 235 g/mol. The first-order chi connectivity index (χ1) is 7.04. The molecule has 0 aromatic carbocycles. The summed E-state index contributed by atoms with van der Waals surface area (Å²) in [5.74, 6) is -0.129. The largest absolute Gasteiger partial charge is 0.394 e. The van der Waals surface area contributed by atoms with E-state index in [1.807, 2.05) is 0 Å². The molecule has 88 valence electrons. The summed E-state index contributed by atoms with van der Waals surface area (Å²) < 4.78 is 30.7. The van der Waals surface area contributed by atoms with Crippen LogP contribution in [0.2, 0.25) is 0 Å². The van der Waals surface area contributed by atoms with E-state index in [0.717, 1.165) is 0 Å². The fourth-order valence-electron chi connectivity index (χ4n) is 1.58. The molecule has 0 aromatic heterocycles. The summed E-state index contributed by atoms with van der Waals surface area (Å²) in [5, 5.41) is 9.26. The Hall–Kier alpha value is -0.430. The first kappa shape index (κ1) is 12.6. The van der Waals surface area contributed by atoms with Crippen LogP contribution in [0.1, 0.15) is 12.8 Å². The van der Waals surface area contributed by atoms with Gasteiger partial charge in [0, 0.05) is 13.2 Å². The summed E-state index contributed by atoms with van der Waals surface area (Å²) in [6, 6.07) is 0. The van der Waals surface area contributed by atoms with Crippen molar-refractivity contribution in [1.82, 2.24) is 4.72 Å². The highest BCUT2D eigenvalue weighted by atomic mass is 32.2. The summed E-state index contributed by atoms with van der Waals surface area (Å²) in [4.78, 5) is 0. The molecule has 1 aliphatic rings. The standard InChI is InChI=1S/C9H17NO4S/c1-2-7-15(12,13)10-9(8-11)3-5-14-6-4-9/h2,10-11H,1,3-8H2. The lowest BCUT2D eigenvalue weighted by Gasteiger charge is -2.35. The molecule has 1 aliphatic heterocycles. The van der Waals surface area contributed by atoms with Gasteiger partial charge in [0.1, 0.15) is 0 Å². The minimum absolute atomic E-state index is 0.129. The molecule has 0 saturated carbocycles. The molecule has 0 radical (unpaired) electrons. The van der Waals surface area contributed by atoms with Crippen molar-refractivity contribution in [2.75, 3.05) is 25.6 Å². The van der Waals surface area contributed by atoms with Crippen LogP contribution >= 0.6 is 0 Å². The lowest BCUT2D eigenvalue weighted by Crippen LogP contribution is -2.54. The Morgan fingerprint density at radius 2 is 2.07 bits per heavy atom. The van der Waals surface area contributed by atoms with Crippen LogP contribution in [0, 0.1) is 0 Å². The number of hydrogen-bond donors (Lipinski definition) is 2. The molecule has 0 amide bonds. The minimum atomic E-state index is -3.39. The Balaban J connectivity index is 2.70. The number of aliphatic hydroxyl groups is 1. The summed E-state index contributed by atoms with van der Waals surface area (Å²) in [5.41, 5.74) is -0.750. The molecule has 0 aromatic rings. The van der Waals surface area contributed by atoms with Gasteiger partial charge in [-0.2, -0.15) is 0 Å². The van der Waals surface area contributed by atoms with Crippen LogP contribution in [-0.2, 0) is 14.8 Å². The van der Waals surface area contributed by atoms with E-state index in [9.17, 15) is 13.5 Å². The van der Waals surface area contributed by atoms with Gasteiger partial charge in [0.05, 0.1) is 17.9 Å². The second kappa shape index (κ2) is 5.07. The van der Waals surface area contributed by atoms with Gasteiger partial charge in [-0.3, -0.25) is 0 Å². The predicted octanol–water partition coefficient (Wildman–Crippen LogP) is -0.367. The second-order valence-electron chi connectivity index (χ2n) is 3.72. The molecule has 0 spiro atoms. The van der Waals surface area contributed by atoms with E-state index in [-0.39, 0.29) is 12.4 Å². The van der Waals surface area contributed by atoms with Crippen molar-refractivity contribution in [2.24, 2.45) is 0 Å². The average molecular weight is 235 g/mol. The first-order valence-corrected chi connectivity index (χ1v) is 6.50. The molecule has 5 nitrogen and oxygen atoms in total. The van der Waals surface area contributed by atoms with Crippen LogP contribution in [0.3, 0.4) is 0 Å². The van der Waals surface area contributed by atoms with E-state index in [1.54, 1.807) is 0 Å². The Labute approximate surface area is 90.2 Å². The highest BCUT2D eigenvalue weighted by Crippen LogP contribution is 2.21. The molecule has 0 atom stereocenters. The van der Waals surface area contributed by atoms with Crippen molar-refractivity contribution in [1.29, 1.82) is 0 Å². The zero-order chi connectivity index (χ0) is 11.4. The number of ether oxygens (including phenoxy) is 1. The van der Waals surface area contributed by atoms with Crippen molar-refractivity contribution < 1.29 is 18.3 Å². The Morgan fingerprint density at radius 3 is 2.53 bits per heavy atom. The lowest BCUT2D eigenvalue weighted by atomic mass is 9.93. The molecule has 2 N–H and O–H groups in total. The van der Waals surface area contributed by atoms with E-state index in [4.69, 9.17) is 4.74 Å². The van der Waals surface area contributed by atoms with Gasteiger partial charge in [-0.1, -0.05) is 6.08 Å². The third-order valence-corrected chi connectivity index (χ3v) is 3.88. The summed E-state index contributed by atoms with van der Waals surface area (Å²) in [6.45, 7) is 4.12. The quantitative estimate of drug-likeness (QED) is 0.638. The van der Waals surface area contributed by atoms with E-state index in [2.05, 4.69) is 11.3 Å². The van der Waals surface area contributed by atoms with E-state index in [1.165, 1.54) is 6.08 Å². The third kappa shape index (κ3) is 3.57. The Morgan fingerprint density at radius 1 is 1.47 bits per heavy atom. The van der Waals surface area contributed by atoms with Crippen molar-refractivity contribution in [2.45, 2.75) is 18.4 Å². The molecule has 1 saturated heterocycles. The molecule has 15 heavy (non-hydrogen) atoms. The van der Waals surface area contributed by atoms with Crippen LogP contribution < -0.4 is 4.72 Å². The van der Waals surface area contributed by atoms with E-state index in [0.29, 0.717) is 26.1 Å². The maximum absolute atomic E-state index is 11.5. The molecule has 1 heterocycles. The van der Waals surface area contributed by atoms with Crippen molar-refractivity contribution in [3.63, 3.8) is 0 Å². The van der Waals surface area contributed by atoms with Crippen molar-refractivity contribution in [3.05, 3.63) is 12.7 Å². The van der Waals surface area contributed by atoms with Crippen LogP contribution in [0.5, 0.6) is 0 Å². The zero-order valence-corrected chi connectivity index (χ0v) is 9.42. The minimum Gasteiger partial charge on any atom is -0.394 e. The van der Waals surface area contributed by atoms with Gasteiger partial charge >= 0.3 is 0 Å². The van der Waals surface area contributed by atoms with E-state index < -0.39 is 15.6 Å². The van der Waals surface area contributed by atoms with Gasteiger partial charge in [-0.05, 0) is 12.8 Å². The summed E-state index contributed by atoms with van der Waals surface area (Å²) in [6.07, 6.45) is 2.33. The molecule has 1 rings (SSSR count). The second-order valence-corrected chi connectivity index (χ2v) is 5.49.